The molecule has 0 bridgehead atoms. The quantitative estimate of drug-likeness (QED) is 0.567. The summed E-state index contributed by atoms with van der Waals surface area (Å²) in [5, 5.41) is 0.645. The Kier molecular flexibility index (Phi) is 6.50. The molecule has 1 N–H and O–H groups in total. The van der Waals surface area contributed by atoms with Crippen molar-refractivity contribution in [2.75, 3.05) is 19.6 Å². The van der Waals surface area contributed by atoms with Crippen molar-refractivity contribution in [2.45, 2.75) is 37.5 Å². The molecule has 32 heavy (non-hydrogen) atoms. The molecule has 3 aromatic rings. The highest BCUT2D eigenvalue weighted by Crippen LogP contribution is 2.31. The van der Waals surface area contributed by atoms with E-state index in [0.29, 0.717) is 27.8 Å². The van der Waals surface area contributed by atoms with E-state index in [1.54, 1.807) is 23.9 Å². The Hall–Kier alpha value is -2.49. The van der Waals surface area contributed by atoms with Crippen LogP contribution in [0.4, 0.5) is 0 Å². The van der Waals surface area contributed by atoms with Crippen molar-refractivity contribution in [1.29, 1.82) is 0 Å². The zero-order valence-corrected chi connectivity index (χ0v) is 20.2. The largest absolute Gasteiger partial charge is 0.347 e. The van der Waals surface area contributed by atoms with E-state index in [4.69, 9.17) is 0 Å². The molecule has 170 valence electrons. The van der Waals surface area contributed by atoms with Gasteiger partial charge in [0.25, 0.3) is 5.91 Å². The van der Waals surface area contributed by atoms with E-state index >= 15 is 0 Å². The highest BCUT2D eigenvalue weighted by molar-refractivity contribution is 7.89. The zero-order chi connectivity index (χ0) is 22.9. The van der Waals surface area contributed by atoms with E-state index < -0.39 is 10.0 Å². The van der Waals surface area contributed by atoms with Crippen molar-refractivity contribution in [3.8, 4) is 10.7 Å². The van der Waals surface area contributed by atoms with E-state index in [9.17, 15) is 13.2 Å². The van der Waals surface area contributed by atoms with E-state index in [-0.39, 0.29) is 16.7 Å². The van der Waals surface area contributed by atoms with Gasteiger partial charge in [-0.3, -0.25) is 4.79 Å². The molecule has 1 atom stereocenters. The van der Waals surface area contributed by atoms with Crippen molar-refractivity contribution >= 4 is 27.3 Å². The second kappa shape index (κ2) is 9.17. The lowest BCUT2D eigenvalue weighted by Crippen LogP contribution is -2.27. The summed E-state index contributed by atoms with van der Waals surface area (Å²) in [6.07, 6.45) is 3.65. The van der Waals surface area contributed by atoms with E-state index in [2.05, 4.69) is 9.71 Å². The van der Waals surface area contributed by atoms with Gasteiger partial charge in [-0.2, -0.15) is 0 Å². The molecule has 1 aliphatic rings. The Balaban J connectivity index is 1.52. The molecule has 7 nitrogen and oxygen atoms in total. The maximum Gasteiger partial charge on any atom is 0.265 e. The van der Waals surface area contributed by atoms with Crippen LogP contribution in [0.25, 0.3) is 10.7 Å². The number of hydrogen-bond acceptors (Lipinski definition) is 5. The average molecular weight is 473 g/mol. The number of carbonyl (C=O) groups excluding carboxylic acids is 1. The molecule has 0 radical (unpaired) electrons. The van der Waals surface area contributed by atoms with Gasteiger partial charge in [-0.15, -0.1) is 11.3 Å². The van der Waals surface area contributed by atoms with Crippen LogP contribution >= 0.6 is 11.3 Å². The highest BCUT2D eigenvalue weighted by Gasteiger charge is 2.26. The first kappa shape index (κ1) is 22.7. The summed E-state index contributed by atoms with van der Waals surface area (Å²) in [4.78, 5) is 20.1. The number of hydrogen-bond donors (Lipinski definition) is 1. The Morgan fingerprint density at radius 3 is 2.59 bits per heavy atom. The van der Waals surface area contributed by atoms with Crippen molar-refractivity contribution in [3.63, 3.8) is 0 Å². The molecule has 0 aliphatic carbocycles. The van der Waals surface area contributed by atoms with Gasteiger partial charge in [-0.25, -0.2) is 18.1 Å². The number of benzene rings is 1. The second-order valence-electron chi connectivity index (χ2n) is 8.27. The SMILES string of the molecule is Cc1nc(-c2cc(S(=O)(=O)NCC(C)c3ccccc3)cn2C)sc1C(=O)N1CCCC1. The molecule has 1 unspecified atom stereocenters. The Bertz CT molecular complexity index is 1210. The molecular weight excluding hydrogens is 444 g/mol. The van der Waals surface area contributed by atoms with Crippen LogP contribution in [0, 0.1) is 6.92 Å². The third-order valence-electron chi connectivity index (χ3n) is 5.84. The van der Waals surface area contributed by atoms with Gasteiger partial charge in [0, 0.05) is 32.9 Å². The summed E-state index contributed by atoms with van der Waals surface area (Å²) < 4.78 is 30.3. The average Bonchev–Trinajstić information content (AvgIpc) is 3.52. The van der Waals surface area contributed by atoms with Gasteiger partial charge in [0.05, 0.1) is 11.4 Å². The van der Waals surface area contributed by atoms with Gasteiger partial charge >= 0.3 is 0 Å². The third kappa shape index (κ3) is 4.65. The second-order valence-corrected chi connectivity index (χ2v) is 11.0. The van der Waals surface area contributed by atoms with E-state index in [0.717, 1.165) is 31.5 Å². The summed E-state index contributed by atoms with van der Waals surface area (Å²) in [5.41, 5.74) is 2.44. The molecule has 0 saturated carbocycles. The predicted octanol–water partition coefficient (Wildman–Crippen LogP) is 3.78. The monoisotopic (exact) mass is 472 g/mol. The van der Waals surface area contributed by atoms with Crippen LogP contribution in [0.3, 0.4) is 0 Å². The zero-order valence-electron chi connectivity index (χ0n) is 18.5. The lowest BCUT2D eigenvalue weighted by atomic mass is 10.0. The number of amides is 1. The summed E-state index contributed by atoms with van der Waals surface area (Å²) in [5.74, 6) is 0.0669. The number of aryl methyl sites for hydroxylation is 2. The number of nitrogens with zero attached hydrogens (tertiary/aromatic N) is 3. The number of aromatic nitrogens is 2. The minimum atomic E-state index is -3.67. The van der Waals surface area contributed by atoms with Crippen molar-refractivity contribution in [2.24, 2.45) is 7.05 Å². The molecule has 3 heterocycles. The molecule has 1 aromatic carbocycles. The van der Waals surface area contributed by atoms with Crippen molar-refractivity contribution < 1.29 is 13.2 Å². The number of sulfonamides is 1. The maximum atomic E-state index is 12.9. The fourth-order valence-corrected chi connectivity index (χ4v) is 6.17. The van der Waals surface area contributed by atoms with Crippen LogP contribution < -0.4 is 4.72 Å². The van der Waals surface area contributed by atoms with E-state index in [1.807, 2.05) is 49.1 Å². The first-order valence-electron chi connectivity index (χ1n) is 10.7. The topological polar surface area (TPSA) is 84.3 Å². The van der Waals surface area contributed by atoms with Gasteiger partial charge in [0.15, 0.2) is 0 Å². The molecule has 1 saturated heterocycles. The molecule has 1 aliphatic heterocycles. The van der Waals surface area contributed by atoms with Crippen molar-refractivity contribution in [1.82, 2.24) is 19.2 Å². The molecule has 0 spiro atoms. The number of carbonyl (C=O) groups is 1. The van der Waals surface area contributed by atoms with Crippen LogP contribution in [0.5, 0.6) is 0 Å². The fourth-order valence-electron chi connectivity index (χ4n) is 3.88. The molecular formula is C23H28N4O3S2. The smallest absolute Gasteiger partial charge is 0.265 e. The van der Waals surface area contributed by atoms with Crippen LogP contribution in [-0.2, 0) is 17.1 Å². The van der Waals surface area contributed by atoms with Gasteiger partial charge in [-0.1, -0.05) is 37.3 Å². The lowest BCUT2D eigenvalue weighted by Gasteiger charge is -2.13. The number of likely N-dealkylation sites (tertiary alicyclic amines) is 1. The van der Waals surface area contributed by atoms with E-state index in [1.165, 1.54) is 11.3 Å². The number of thiazole rings is 1. The normalized spacial score (nSPS) is 15.3. The maximum absolute atomic E-state index is 12.9. The molecule has 1 amide bonds. The first-order chi connectivity index (χ1) is 15.3. The van der Waals surface area contributed by atoms with Gasteiger partial charge in [0.2, 0.25) is 10.0 Å². The highest BCUT2D eigenvalue weighted by atomic mass is 32.2. The summed E-state index contributed by atoms with van der Waals surface area (Å²) in [6, 6.07) is 11.4. The van der Waals surface area contributed by atoms with Crippen LogP contribution in [-0.4, -0.2) is 48.4 Å². The fraction of sp³-hybridized carbons (Fsp3) is 0.391. The summed E-state index contributed by atoms with van der Waals surface area (Å²) >= 11 is 1.32. The van der Waals surface area contributed by atoms with Gasteiger partial charge in [0.1, 0.15) is 14.8 Å². The van der Waals surface area contributed by atoms with Crippen LogP contribution in [0.15, 0.2) is 47.5 Å². The Morgan fingerprint density at radius 2 is 1.91 bits per heavy atom. The Labute approximate surface area is 193 Å². The third-order valence-corrected chi connectivity index (χ3v) is 8.40. The Morgan fingerprint density at radius 1 is 1.22 bits per heavy atom. The minimum absolute atomic E-state index is 0.0161. The first-order valence-corrected chi connectivity index (χ1v) is 13.0. The summed E-state index contributed by atoms with van der Waals surface area (Å²) in [6.45, 7) is 5.69. The van der Waals surface area contributed by atoms with Gasteiger partial charge in [-0.05, 0) is 37.3 Å². The van der Waals surface area contributed by atoms with Gasteiger partial charge < -0.3 is 9.47 Å². The standard InChI is InChI=1S/C23H28N4O3S2/c1-16(18-9-5-4-6-10-18)14-24-32(29,30)19-13-20(26(3)15-19)22-25-17(2)21(31-22)23(28)27-11-7-8-12-27/h4-6,9-10,13,15-16,24H,7-8,11-12,14H2,1-3H3. The predicted molar refractivity (Wildman–Crippen MR) is 126 cm³/mol. The van der Waals surface area contributed by atoms with Crippen molar-refractivity contribution in [3.05, 3.63) is 58.7 Å². The van der Waals surface area contributed by atoms with Crippen LogP contribution in [0.1, 0.15) is 46.6 Å². The molecule has 2 aromatic heterocycles. The van der Waals surface area contributed by atoms with Crippen LogP contribution in [0.2, 0.25) is 0 Å². The minimum Gasteiger partial charge on any atom is -0.347 e. The number of rotatable bonds is 7. The lowest BCUT2D eigenvalue weighted by molar-refractivity contribution is 0.0796. The summed E-state index contributed by atoms with van der Waals surface area (Å²) in [7, 11) is -1.88. The molecule has 9 heteroatoms. The molecule has 4 rings (SSSR count). The molecule has 1 fully saturated rings. The number of nitrogens with one attached hydrogen (secondary N) is 1.